The topological polar surface area (TPSA) is 71.0 Å². The normalized spacial score (nSPS) is 20.5. The van der Waals surface area contributed by atoms with Crippen LogP contribution in [-0.2, 0) is 14.3 Å². The molecule has 5 rings (SSSR count). The summed E-state index contributed by atoms with van der Waals surface area (Å²) < 4.78 is 11.5. The van der Waals surface area contributed by atoms with Gasteiger partial charge in [0.15, 0.2) is 10.9 Å². The largest absolute Gasteiger partial charge is 0.354 e. The summed E-state index contributed by atoms with van der Waals surface area (Å²) in [5.74, 6) is 0.711. The molecule has 0 N–H and O–H groups in total. The van der Waals surface area contributed by atoms with Crippen LogP contribution in [0.25, 0.3) is 6.08 Å². The van der Waals surface area contributed by atoms with Crippen LogP contribution in [0.1, 0.15) is 18.4 Å². The van der Waals surface area contributed by atoms with Crippen molar-refractivity contribution in [3.05, 3.63) is 53.2 Å². The maximum atomic E-state index is 12.8. The molecule has 10 heteroatoms. The van der Waals surface area contributed by atoms with E-state index in [9.17, 15) is 4.79 Å². The Morgan fingerprint density at radius 3 is 2.47 bits per heavy atom. The lowest BCUT2D eigenvalue weighted by Crippen LogP contribution is -2.47. The average Bonchev–Trinajstić information content (AvgIpc) is 3.36. The molecule has 3 aliphatic rings. The molecule has 1 spiro atoms. The van der Waals surface area contributed by atoms with Gasteiger partial charge < -0.3 is 19.3 Å². The lowest BCUT2D eigenvalue weighted by Gasteiger charge is -2.37. The van der Waals surface area contributed by atoms with E-state index in [1.807, 2.05) is 17.0 Å². The molecular formula is C26H32ClN5O3S. The molecule has 4 heterocycles. The number of carbonyl (C=O) groups is 1. The second kappa shape index (κ2) is 11.9. The Balaban J connectivity index is 1.09. The molecule has 0 bridgehead atoms. The molecule has 8 nitrogen and oxygen atoms in total. The number of ether oxygens (including phenoxy) is 2. The Labute approximate surface area is 221 Å². The molecule has 0 aliphatic carbocycles. The highest BCUT2D eigenvalue weighted by molar-refractivity contribution is 7.99. The first-order chi connectivity index (χ1) is 17.6. The summed E-state index contributed by atoms with van der Waals surface area (Å²) in [7, 11) is 0. The highest BCUT2D eigenvalue weighted by Crippen LogP contribution is 2.31. The van der Waals surface area contributed by atoms with Gasteiger partial charge in [-0.05, 0) is 5.56 Å². The summed E-state index contributed by atoms with van der Waals surface area (Å²) in [6, 6.07) is 12.2. The summed E-state index contributed by atoms with van der Waals surface area (Å²) in [4.78, 5) is 28.4. The minimum absolute atomic E-state index is 0.0788. The van der Waals surface area contributed by atoms with Crippen molar-refractivity contribution in [3.63, 3.8) is 0 Å². The zero-order chi connectivity index (χ0) is 24.8. The maximum absolute atomic E-state index is 12.8. The van der Waals surface area contributed by atoms with Gasteiger partial charge in [-0.25, -0.2) is 9.97 Å². The summed E-state index contributed by atoms with van der Waals surface area (Å²) in [5, 5.41) is 0.939. The second-order valence-electron chi connectivity index (χ2n) is 9.21. The van der Waals surface area contributed by atoms with E-state index in [0.29, 0.717) is 36.6 Å². The number of anilines is 1. The molecule has 1 aromatic carbocycles. The predicted octanol–water partition coefficient (Wildman–Crippen LogP) is 3.42. The van der Waals surface area contributed by atoms with E-state index in [2.05, 4.69) is 51.2 Å². The van der Waals surface area contributed by atoms with Crippen LogP contribution in [-0.4, -0.2) is 96.2 Å². The SMILES string of the molecule is O=C(CSc1nc(Cl)cc(N2CCN(C/C=C/c3ccccc3)CC2)n1)N1CCC2(CC1)OCCO2. The van der Waals surface area contributed by atoms with Crippen LogP contribution in [0.2, 0.25) is 5.15 Å². The number of amides is 1. The maximum Gasteiger partial charge on any atom is 0.233 e. The van der Waals surface area contributed by atoms with E-state index in [-0.39, 0.29) is 11.7 Å². The van der Waals surface area contributed by atoms with E-state index < -0.39 is 5.79 Å². The van der Waals surface area contributed by atoms with Gasteiger partial charge in [-0.3, -0.25) is 9.69 Å². The molecule has 1 amide bonds. The average molecular weight is 530 g/mol. The van der Waals surface area contributed by atoms with E-state index in [1.165, 1.54) is 17.3 Å². The molecule has 3 aliphatic heterocycles. The Morgan fingerprint density at radius 1 is 1.03 bits per heavy atom. The number of piperidine rings is 1. The fourth-order valence-corrected chi connectivity index (χ4v) is 5.76. The number of hydrogen-bond acceptors (Lipinski definition) is 8. The van der Waals surface area contributed by atoms with Crippen LogP contribution in [0.5, 0.6) is 0 Å². The molecule has 3 saturated heterocycles. The Morgan fingerprint density at radius 2 is 1.75 bits per heavy atom. The molecular weight excluding hydrogens is 498 g/mol. The molecule has 36 heavy (non-hydrogen) atoms. The van der Waals surface area contributed by atoms with Crippen LogP contribution < -0.4 is 4.90 Å². The molecule has 3 fully saturated rings. The Kier molecular flexibility index (Phi) is 8.43. The van der Waals surface area contributed by atoms with Gasteiger partial charge in [0.05, 0.1) is 19.0 Å². The smallest absolute Gasteiger partial charge is 0.233 e. The molecule has 0 atom stereocenters. The number of carbonyl (C=O) groups excluding carboxylic acids is 1. The van der Waals surface area contributed by atoms with Crippen molar-refractivity contribution in [1.82, 2.24) is 19.8 Å². The van der Waals surface area contributed by atoms with Gasteiger partial charge in [0.2, 0.25) is 5.91 Å². The van der Waals surface area contributed by atoms with Gasteiger partial charge in [0.1, 0.15) is 11.0 Å². The van der Waals surface area contributed by atoms with Gasteiger partial charge in [-0.15, -0.1) is 0 Å². The lowest BCUT2D eigenvalue weighted by molar-refractivity contribution is -0.186. The first-order valence-electron chi connectivity index (χ1n) is 12.5. The van der Waals surface area contributed by atoms with Gasteiger partial charge >= 0.3 is 0 Å². The number of nitrogens with zero attached hydrogens (tertiary/aromatic N) is 5. The molecule has 2 aromatic rings. The monoisotopic (exact) mass is 529 g/mol. The van der Waals surface area contributed by atoms with Crippen molar-refractivity contribution in [2.24, 2.45) is 0 Å². The standard InChI is InChI=1S/C26H32ClN5O3S/c27-22-19-23(31-15-13-30(14-16-31)10-4-7-21-5-2-1-3-6-21)29-25(28-22)36-20-24(33)32-11-8-26(9-12-32)34-17-18-35-26/h1-7,19H,8-18,20H2/b7-4+. The van der Waals surface area contributed by atoms with Crippen molar-refractivity contribution >= 4 is 41.2 Å². The van der Waals surface area contributed by atoms with Crippen molar-refractivity contribution in [1.29, 1.82) is 0 Å². The summed E-state index contributed by atoms with van der Waals surface area (Å²) >= 11 is 7.67. The Bertz CT molecular complexity index is 1050. The van der Waals surface area contributed by atoms with Gasteiger partial charge in [0.25, 0.3) is 0 Å². The van der Waals surface area contributed by atoms with Crippen LogP contribution in [0.3, 0.4) is 0 Å². The van der Waals surface area contributed by atoms with Crippen LogP contribution in [0.4, 0.5) is 5.82 Å². The summed E-state index contributed by atoms with van der Waals surface area (Å²) in [5.41, 5.74) is 1.22. The zero-order valence-electron chi connectivity index (χ0n) is 20.4. The number of benzene rings is 1. The summed E-state index contributed by atoms with van der Waals surface area (Å²) in [6.07, 6.45) is 5.82. The molecule has 0 radical (unpaired) electrons. The number of rotatable bonds is 7. The second-order valence-corrected chi connectivity index (χ2v) is 10.5. The minimum Gasteiger partial charge on any atom is -0.354 e. The fraction of sp³-hybridized carbons (Fsp3) is 0.500. The molecule has 192 valence electrons. The third-order valence-electron chi connectivity index (χ3n) is 6.85. The van der Waals surface area contributed by atoms with E-state index in [0.717, 1.165) is 51.4 Å². The van der Waals surface area contributed by atoms with Crippen molar-refractivity contribution in [2.45, 2.75) is 23.8 Å². The van der Waals surface area contributed by atoms with Crippen LogP contribution in [0, 0.1) is 0 Å². The first-order valence-corrected chi connectivity index (χ1v) is 13.9. The van der Waals surface area contributed by atoms with Gasteiger partial charge in [0, 0.05) is 64.7 Å². The number of aromatic nitrogens is 2. The number of likely N-dealkylation sites (tertiary alicyclic amines) is 1. The van der Waals surface area contributed by atoms with Gasteiger partial charge in [-0.1, -0.05) is 65.8 Å². The van der Waals surface area contributed by atoms with E-state index in [4.69, 9.17) is 26.1 Å². The molecule has 0 saturated carbocycles. The van der Waals surface area contributed by atoms with Gasteiger partial charge in [-0.2, -0.15) is 0 Å². The van der Waals surface area contributed by atoms with Crippen LogP contribution >= 0.6 is 23.4 Å². The number of halogens is 1. The van der Waals surface area contributed by atoms with E-state index >= 15 is 0 Å². The molecule has 0 unspecified atom stereocenters. The highest BCUT2D eigenvalue weighted by atomic mass is 35.5. The van der Waals surface area contributed by atoms with Crippen molar-refractivity contribution in [2.75, 3.05) is 69.7 Å². The minimum atomic E-state index is -0.475. The lowest BCUT2D eigenvalue weighted by atomic mass is 10.0. The fourth-order valence-electron chi connectivity index (χ4n) is 4.77. The van der Waals surface area contributed by atoms with Crippen molar-refractivity contribution in [3.8, 4) is 0 Å². The third kappa shape index (κ3) is 6.58. The number of thioether (sulfide) groups is 1. The zero-order valence-corrected chi connectivity index (χ0v) is 21.9. The Hall–Kier alpha value is -2.17. The quantitative estimate of drug-likeness (QED) is 0.307. The van der Waals surface area contributed by atoms with Crippen molar-refractivity contribution < 1.29 is 14.3 Å². The number of hydrogen-bond donors (Lipinski definition) is 0. The summed E-state index contributed by atoms with van der Waals surface area (Å²) in [6.45, 7) is 7.13. The third-order valence-corrected chi connectivity index (χ3v) is 7.87. The van der Waals surface area contributed by atoms with E-state index in [1.54, 1.807) is 0 Å². The number of piperazine rings is 1. The predicted molar refractivity (Wildman–Crippen MR) is 142 cm³/mol. The molecule has 1 aromatic heterocycles. The van der Waals surface area contributed by atoms with Crippen LogP contribution in [0.15, 0.2) is 47.6 Å². The highest BCUT2D eigenvalue weighted by Gasteiger charge is 2.40. The first kappa shape index (κ1) is 25.5.